The lowest BCUT2D eigenvalue weighted by molar-refractivity contribution is -0.144. The van der Waals surface area contributed by atoms with Crippen LogP contribution in [0.3, 0.4) is 0 Å². The van der Waals surface area contributed by atoms with Crippen molar-refractivity contribution in [3.8, 4) is 0 Å². The molecule has 4 atom stereocenters. The normalized spacial score (nSPS) is 31.8. The second-order valence-corrected chi connectivity index (χ2v) is 9.52. The molecule has 3 fully saturated rings. The molecule has 3 aliphatic heterocycles. The predicted molar refractivity (Wildman–Crippen MR) is 111 cm³/mol. The fraction of sp³-hybridized carbons (Fsp3) is 0.696. The van der Waals surface area contributed by atoms with Crippen molar-refractivity contribution in [2.24, 2.45) is 24.8 Å². The van der Waals surface area contributed by atoms with Crippen LogP contribution in [0.1, 0.15) is 45.1 Å². The first-order chi connectivity index (χ1) is 14.5. The molecule has 5 rings (SSSR count). The maximum atomic E-state index is 13.8. The second-order valence-electron chi connectivity index (χ2n) is 9.52. The van der Waals surface area contributed by atoms with E-state index in [1.165, 1.54) is 0 Å². The van der Waals surface area contributed by atoms with E-state index in [1.54, 1.807) is 4.68 Å². The standard InChI is InChI=1S/C23H32N4O3/c1-4-15(5-2)12-26-14-23-9-8-18(30-23)19(20(23)22(26)29)21(28)27(17-6-7-17)13-16-10-24-25(3)11-16/h8-11,15,17-20H,4-7,12-14H2,1-3H3/t18-,19+,20+,23-/m0/s1. The lowest BCUT2D eigenvalue weighted by Gasteiger charge is -2.30. The van der Waals surface area contributed by atoms with Crippen molar-refractivity contribution in [2.45, 2.75) is 63.8 Å². The first-order valence-corrected chi connectivity index (χ1v) is 11.4. The summed E-state index contributed by atoms with van der Waals surface area (Å²) in [4.78, 5) is 31.2. The first kappa shape index (κ1) is 19.8. The van der Waals surface area contributed by atoms with Gasteiger partial charge in [0.2, 0.25) is 11.8 Å². The highest BCUT2D eigenvalue weighted by Crippen LogP contribution is 2.53. The van der Waals surface area contributed by atoms with Gasteiger partial charge in [-0.3, -0.25) is 14.3 Å². The summed E-state index contributed by atoms with van der Waals surface area (Å²) in [5.74, 6) is -0.131. The molecule has 162 valence electrons. The summed E-state index contributed by atoms with van der Waals surface area (Å²) in [7, 11) is 1.89. The maximum absolute atomic E-state index is 13.8. The SMILES string of the molecule is CCC(CC)CN1C[C@]23C=C[C@H](O2)[C@@H](C(=O)N(Cc2cnn(C)c2)C2CC2)[C@@H]3C1=O. The summed E-state index contributed by atoms with van der Waals surface area (Å²) >= 11 is 0. The molecule has 7 nitrogen and oxygen atoms in total. The van der Waals surface area contributed by atoms with Gasteiger partial charge in [0.25, 0.3) is 0 Å². The fourth-order valence-electron chi connectivity index (χ4n) is 5.59. The number of carbonyl (C=O) groups is 2. The molecule has 2 bridgehead atoms. The third-order valence-corrected chi connectivity index (χ3v) is 7.48. The zero-order valence-electron chi connectivity index (χ0n) is 18.2. The molecule has 1 saturated carbocycles. The minimum absolute atomic E-state index is 0.0697. The number of ether oxygens (including phenoxy) is 1. The van der Waals surface area contributed by atoms with Crippen LogP contribution < -0.4 is 0 Å². The number of fused-ring (bicyclic) bond motifs is 1. The number of hydrogen-bond donors (Lipinski definition) is 0. The van der Waals surface area contributed by atoms with Crippen molar-refractivity contribution in [3.05, 3.63) is 30.1 Å². The number of rotatable bonds is 8. The average molecular weight is 413 g/mol. The van der Waals surface area contributed by atoms with E-state index in [0.29, 0.717) is 19.0 Å². The lowest BCUT2D eigenvalue weighted by Crippen LogP contribution is -2.46. The maximum Gasteiger partial charge on any atom is 0.230 e. The molecule has 2 amide bonds. The van der Waals surface area contributed by atoms with Crippen molar-refractivity contribution in [3.63, 3.8) is 0 Å². The third kappa shape index (κ3) is 3.09. The molecular formula is C23H32N4O3. The van der Waals surface area contributed by atoms with Crippen LogP contribution in [0.4, 0.5) is 0 Å². The molecule has 30 heavy (non-hydrogen) atoms. The molecule has 1 aromatic rings. The summed E-state index contributed by atoms with van der Waals surface area (Å²) in [5.41, 5.74) is 0.414. The van der Waals surface area contributed by atoms with E-state index in [-0.39, 0.29) is 29.9 Å². The van der Waals surface area contributed by atoms with Crippen molar-refractivity contribution in [2.75, 3.05) is 13.1 Å². The quantitative estimate of drug-likeness (QED) is 0.614. The second kappa shape index (κ2) is 7.22. The minimum Gasteiger partial charge on any atom is -0.360 e. The van der Waals surface area contributed by atoms with Crippen molar-refractivity contribution in [1.29, 1.82) is 0 Å². The lowest BCUT2D eigenvalue weighted by atomic mass is 9.76. The van der Waals surface area contributed by atoms with Gasteiger partial charge in [0.15, 0.2) is 0 Å². The van der Waals surface area contributed by atoms with Crippen LogP contribution in [0, 0.1) is 17.8 Å². The molecule has 7 heteroatoms. The molecule has 4 aliphatic rings. The van der Waals surface area contributed by atoms with Crippen molar-refractivity contribution >= 4 is 11.8 Å². The fourth-order valence-corrected chi connectivity index (χ4v) is 5.59. The van der Waals surface area contributed by atoms with Crippen LogP contribution in [0.25, 0.3) is 0 Å². The molecule has 0 aromatic carbocycles. The Kier molecular flexibility index (Phi) is 4.76. The van der Waals surface area contributed by atoms with Crippen molar-refractivity contribution in [1.82, 2.24) is 19.6 Å². The minimum atomic E-state index is -0.613. The number of aryl methyl sites for hydroxylation is 1. The average Bonchev–Trinajstić information content (AvgIpc) is 3.11. The van der Waals surface area contributed by atoms with Crippen LogP contribution >= 0.6 is 0 Å². The number of nitrogens with zero attached hydrogens (tertiary/aromatic N) is 4. The summed E-state index contributed by atoms with van der Waals surface area (Å²) in [5, 5.41) is 4.24. The van der Waals surface area contributed by atoms with Gasteiger partial charge in [-0.15, -0.1) is 0 Å². The Labute approximate surface area is 178 Å². The molecule has 0 N–H and O–H groups in total. The van der Waals surface area contributed by atoms with Gasteiger partial charge < -0.3 is 14.5 Å². The van der Waals surface area contributed by atoms with E-state index in [2.05, 4.69) is 25.0 Å². The Morgan fingerprint density at radius 1 is 1.37 bits per heavy atom. The van der Waals surface area contributed by atoms with Gasteiger partial charge in [0.1, 0.15) is 5.60 Å². The Balaban J connectivity index is 1.38. The zero-order valence-corrected chi connectivity index (χ0v) is 18.2. The number of hydrogen-bond acceptors (Lipinski definition) is 4. The number of likely N-dealkylation sites (tertiary alicyclic amines) is 1. The van der Waals surface area contributed by atoms with E-state index in [4.69, 9.17) is 4.74 Å². The zero-order chi connectivity index (χ0) is 21.0. The summed E-state index contributed by atoms with van der Waals surface area (Å²) in [6, 6.07) is 0.272. The highest BCUT2D eigenvalue weighted by atomic mass is 16.5. The molecule has 4 heterocycles. The Bertz CT molecular complexity index is 872. The van der Waals surface area contributed by atoms with Crippen LogP contribution in [0.15, 0.2) is 24.5 Å². The summed E-state index contributed by atoms with van der Waals surface area (Å²) in [6.45, 7) is 6.24. The molecule has 2 saturated heterocycles. The highest BCUT2D eigenvalue weighted by Gasteiger charge is 2.67. The highest BCUT2D eigenvalue weighted by molar-refractivity contribution is 5.93. The topological polar surface area (TPSA) is 67.7 Å². The van der Waals surface area contributed by atoms with Gasteiger partial charge >= 0.3 is 0 Å². The Morgan fingerprint density at radius 3 is 2.77 bits per heavy atom. The molecule has 1 aliphatic carbocycles. The summed E-state index contributed by atoms with van der Waals surface area (Å²) < 4.78 is 8.10. The largest absolute Gasteiger partial charge is 0.360 e. The van der Waals surface area contributed by atoms with E-state index < -0.39 is 11.5 Å². The third-order valence-electron chi connectivity index (χ3n) is 7.48. The van der Waals surface area contributed by atoms with Crippen LogP contribution in [-0.4, -0.2) is 62.2 Å². The van der Waals surface area contributed by atoms with E-state index in [1.807, 2.05) is 35.3 Å². The van der Waals surface area contributed by atoms with Gasteiger partial charge in [-0.05, 0) is 18.8 Å². The number of carbonyl (C=O) groups excluding carboxylic acids is 2. The van der Waals surface area contributed by atoms with Gasteiger partial charge in [0.05, 0.1) is 30.7 Å². The predicted octanol–water partition coefficient (Wildman–Crippen LogP) is 2.13. The first-order valence-electron chi connectivity index (χ1n) is 11.4. The van der Waals surface area contributed by atoms with Gasteiger partial charge in [-0.25, -0.2) is 0 Å². The van der Waals surface area contributed by atoms with Gasteiger partial charge in [-0.1, -0.05) is 38.8 Å². The van der Waals surface area contributed by atoms with E-state index >= 15 is 0 Å². The molecule has 1 spiro atoms. The molecule has 1 aromatic heterocycles. The van der Waals surface area contributed by atoms with Gasteiger partial charge in [-0.2, -0.15) is 5.10 Å². The smallest absolute Gasteiger partial charge is 0.230 e. The van der Waals surface area contributed by atoms with Crippen LogP contribution in [0.5, 0.6) is 0 Å². The Morgan fingerprint density at radius 2 is 2.13 bits per heavy atom. The van der Waals surface area contributed by atoms with E-state index in [9.17, 15) is 9.59 Å². The Hall–Kier alpha value is -2.15. The van der Waals surface area contributed by atoms with E-state index in [0.717, 1.165) is 37.8 Å². The van der Waals surface area contributed by atoms with Crippen LogP contribution in [-0.2, 0) is 27.9 Å². The monoisotopic (exact) mass is 412 g/mol. The van der Waals surface area contributed by atoms with Crippen molar-refractivity contribution < 1.29 is 14.3 Å². The van der Waals surface area contributed by atoms with Crippen LogP contribution in [0.2, 0.25) is 0 Å². The molecule has 0 radical (unpaired) electrons. The number of aromatic nitrogens is 2. The number of amides is 2. The molecule has 0 unspecified atom stereocenters. The van der Waals surface area contributed by atoms with Gasteiger partial charge in [0, 0.05) is 37.9 Å². The molecular weight excluding hydrogens is 380 g/mol. The summed E-state index contributed by atoms with van der Waals surface area (Å²) in [6.07, 6.45) is 11.7.